The van der Waals surface area contributed by atoms with Crippen molar-refractivity contribution in [1.29, 1.82) is 0 Å². The van der Waals surface area contributed by atoms with Crippen LogP contribution in [0.3, 0.4) is 0 Å². The summed E-state index contributed by atoms with van der Waals surface area (Å²) < 4.78 is 0. The number of hydrogen-bond acceptors (Lipinski definition) is 5. The number of aliphatic hydroxyl groups is 1. The second kappa shape index (κ2) is 10.1. The summed E-state index contributed by atoms with van der Waals surface area (Å²) in [5, 5.41) is 12.5. The van der Waals surface area contributed by atoms with Crippen LogP contribution in [0, 0.1) is 13.8 Å². The van der Waals surface area contributed by atoms with Crippen LogP contribution in [0.15, 0.2) is 84.1 Å². The first kappa shape index (κ1) is 26.9. The number of Topliss-reactive ketones (excluding diaryl/α,β-unsaturated/α-hetero) is 1. The number of benzene rings is 3. The molecule has 0 bridgehead atoms. The van der Waals surface area contributed by atoms with Gasteiger partial charge < -0.3 is 5.11 Å². The summed E-state index contributed by atoms with van der Waals surface area (Å²) in [6.07, 6.45) is 0. The number of ketones is 1. The van der Waals surface area contributed by atoms with E-state index in [9.17, 15) is 14.7 Å². The quantitative estimate of drug-likeness (QED) is 0.252. The number of aliphatic hydroxyl groups excluding tert-OH is 1. The van der Waals surface area contributed by atoms with Crippen molar-refractivity contribution in [2.24, 2.45) is 0 Å². The highest BCUT2D eigenvalue weighted by Gasteiger charge is 2.45. The number of hydrogen-bond donors (Lipinski definition) is 1. The van der Waals surface area contributed by atoms with Gasteiger partial charge >= 0.3 is 0 Å². The fourth-order valence-corrected chi connectivity index (χ4v) is 6.14. The van der Waals surface area contributed by atoms with Crippen LogP contribution in [0.5, 0.6) is 0 Å². The van der Waals surface area contributed by atoms with Gasteiger partial charge in [0.1, 0.15) is 5.01 Å². The first-order valence-corrected chi connectivity index (χ1v) is 13.9. The number of thiazole rings is 1. The van der Waals surface area contributed by atoms with E-state index in [-0.39, 0.29) is 11.0 Å². The third-order valence-corrected chi connectivity index (χ3v) is 8.43. The highest BCUT2D eigenvalue weighted by Crippen LogP contribution is 2.44. The molecule has 1 amide bonds. The lowest BCUT2D eigenvalue weighted by Gasteiger charge is -2.29. The third kappa shape index (κ3) is 4.90. The molecular weight excluding hydrogens is 528 g/mol. The van der Waals surface area contributed by atoms with Crippen LogP contribution >= 0.6 is 22.9 Å². The van der Waals surface area contributed by atoms with Gasteiger partial charge in [-0.2, -0.15) is 0 Å². The number of nitrogens with zero attached hydrogens (tertiary/aromatic N) is 2. The number of anilines is 1. The predicted octanol–water partition coefficient (Wildman–Crippen LogP) is 8.16. The number of amides is 1. The van der Waals surface area contributed by atoms with E-state index in [4.69, 9.17) is 11.6 Å². The monoisotopic (exact) mass is 556 g/mol. The van der Waals surface area contributed by atoms with Gasteiger partial charge in [-0.1, -0.05) is 87.0 Å². The van der Waals surface area contributed by atoms with E-state index in [0.717, 1.165) is 22.3 Å². The molecule has 0 radical (unpaired) electrons. The maximum atomic E-state index is 14.1. The van der Waals surface area contributed by atoms with Gasteiger partial charge in [0.25, 0.3) is 5.91 Å². The Hall–Kier alpha value is -3.74. The van der Waals surface area contributed by atoms with Crippen molar-refractivity contribution in [3.8, 4) is 10.6 Å². The lowest BCUT2D eigenvalue weighted by molar-refractivity contribution is -0.117. The highest BCUT2D eigenvalue weighted by molar-refractivity contribution is 7.17. The van der Waals surface area contributed by atoms with Gasteiger partial charge in [0.05, 0.1) is 22.2 Å². The van der Waals surface area contributed by atoms with Crippen LogP contribution < -0.4 is 4.90 Å². The number of halogens is 1. The Morgan fingerprint density at radius 3 is 2.28 bits per heavy atom. The van der Waals surface area contributed by atoms with E-state index in [0.29, 0.717) is 26.3 Å². The van der Waals surface area contributed by atoms with E-state index >= 15 is 0 Å². The number of rotatable bonds is 5. The molecule has 5 nitrogen and oxygen atoms in total. The van der Waals surface area contributed by atoms with Crippen molar-refractivity contribution < 1.29 is 14.7 Å². The molecule has 5 rings (SSSR count). The fourth-order valence-electron chi connectivity index (χ4n) is 4.89. The van der Waals surface area contributed by atoms with Crippen LogP contribution in [0.4, 0.5) is 5.69 Å². The number of carbonyl (C=O) groups is 2. The summed E-state index contributed by atoms with van der Waals surface area (Å²) >= 11 is 7.47. The summed E-state index contributed by atoms with van der Waals surface area (Å²) in [6, 6.07) is 21.9. The molecule has 7 heteroatoms. The molecule has 1 unspecified atom stereocenters. The zero-order chi connectivity index (χ0) is 28.1. The Balaban J connectivity index is 1.65. The minimum atomic E-state index is -0.819. The molecule has 1 aromatic heterocycles. The van der Waals surface area contributed by atoms with Crippen LogP contribution in [0.1, 0.15) is 58.9 Å². The van der Waals surface area contributed by atoms with Gasteiger partial charge in [0.2, 0.25) is 5.78 Å². The molecule has 2 heterocycles. The zero-order valence-corrected chi connectivity index (χ0v) is 24.0. The Kier molecular flexibility index (Phi) is 6.95. The molecule has 4 aromatic rings. The number of aryl methyl sites for hydroxylation is 2. The van der Waals surface area contributed by atoms with E-state index in [1.54, 1.807) is 25.1 Å². The molecule has 0 aliphatic carbocycles. The van der Waals surface area contributed by atoms with Gasteiger partial charge in [0.15, 0.2) is 5.76 Å². The maximum absolute atomic E-state index is 14.1. The SMILES string of the molecule is Cc1cc(Cl)ccc1N1C(=O)C(O)=C(C(=O)c2sc(-c3ccccc3)nc2C)C1c1ccc(C(C)(C)C)cc1. The van der Waals surface area contributed by atoms with Crippen LogP contribution in [-0.2, 0) is 10.2 Å². The van der Waals surface area contributed by atoms with Crippen molar-refractivity contribution in [3.05, 3.63) is 116 Å². The average molecular weight is 557 g/mol. The van der Waals surface area contributed by atoms with Crippen molar-refractivity contribution in [1.82, 2.24) is 4.98 Å². The van der Waals surface area contributed by atoms with Gasteiger partial charge in [0, 0.05) is 16.3 Å². The van der Waals surface area contributed by atoms with E-state index in [1.807, 2.05) is 61.5 Å². The summed E-state index contributed by atoms with van der Waals surface area (Å²) in [4.78, 5) is 34.3. The molecule has 0 spiro atoms. The van der Waals surface area contributed by atoms with Gasteiger partial charge in [-0.25, -0.2) is 4.98 Å². The molecule has 0 saturated heterocycles. The predicted molar refractivity (Wildman–Crippen MR) is 158 cm³/mol. The van der Waals surface area contributed by atoms with Crippen molar-refractivity contribution in [3.63, 3.8) is 0 Å². The summed E-state index contributed by atoms with van der Waals surface area (Å²) in [7, 11) is 0. The maximum Gasteiger partial charge on any atom is 0.294 e. The average Bonchev–Trinajstić information content (AvgIpc) is 3.41. The first-order chi connectivity index (χ1) is 18.5. The van der Waals surface area contributed by atoms with Crippen molar-refractivity contribution in [2.75, 3.05) is 4.90 Å². The topological polar surface area (TPSA) is 70.5 Å². The van der Waals surface area contributed by atoms with E-state index < -0.39 is 23.5 Å². The smallest absolute Gasteiger partial charge is 0.294 e. The van der Waals surface area contributed by atoms with Crippen molar-refractivity contribution >= 4 is 40.3 Å². The Labute approximate surface area is 237 Å². The van der Waals surface area contributed by atoms with E-state index in [1.165, 1.54) is 16.2 Å². The van der Waals surface area contributed by atoms with Crippen LogP contribution in [0.2, 0.25) is 5.02 Å². The Bertz CT molecular complexity index is 1620. The number of carbonyl (C=O) groups excluding carboxylic acids is 2. The minimum Gasteiger partial charge on any atom is -0.503 e. The Morgan fingerprint density at radius 2 is 1.67 bits per heavy atom. The minimum absolute atomic E-state index is 0.0456. The molecule has 39 heavy (non-hydrogen) atoms. The summed E-state index contributed by atoms with van der Waals surface area (Å²) in [5.74, 6) is -1.58. The van der Waals surface area contributed by atoms with Crippen LogP contribution in [-0.4, -0.2) is 21.8 Å². The molecule has 0 saturated carbocycles. The number of aromatic nitrogens is 1. The second-order valence-corrected chi connectivity index (χ2v) is 12.2. The lowest BCUT2D eigenvalue weighted by atomic mass is 9.85. The van der Waals surface area contributed by atoms with Crippen LogP contribution in [0.25, 0.3) is 10.6 Å². The normalized spacial score (nSPS) is 15.8. The molecule has 1 atom stereocenters. The molecule has 3 aromatic carbocycles. The van der Waals surface area contributed by atoms with Gasteiger partial charge in [-0.15, -0.1) is 11.3 Å². The second-order valence-electron chi connectivity index (χ2n) is 10.8. The van der Waals surface area contributed by atoms with Crippen molar-refractivity contribution in [2.45, 2.75) is 46.1 Å². The summed E-state index contributed by atoms with van der Waals surface area (Å²) in [5.41, 5.74) is 4.62. The molecule has 1 N–H and O–H groups in total. The largest absolute Gasteiger partial charge is 0.503 e. The molecular formula is C32H29ClN2O3S. The standard InChI is InChI=1S/C32H29ClN2O3S/c1-18-17-23(33)15-16-24(18)35-26(20-11-13-22(14-12-20)32(3,4)5)25(28(37)31(35)38)27(36)29-19(2)34-30(39-29)21-9-7-6-8-10-21/h6-17,26,37H,1-5H3. The fraction of sp³-hybridized carbons (Fsp3) is 0.219. The van der Waals surface area contributed by atoms with Gasteiger partial charge in [-0.3, -0.25) is 14.5 Å². The zero-order valence-electron chi connectivity index (χ0n) is 22.4. The molecule has 198 valence electrons. The molecule has 1 aliphatic heterocycles. The first-order valence-electron chi connectivity index (χ1n) is 12.7. The summed E-state index contributed by atoms with van der Waals surface area (Å²) in [6.45, 7) is 10.0. The Morgan fingerprint density at radius 1 is 1.00 bits per heavy atom. The molecule has 1 aliphatic rings. The lowest BCUT2D eigenvalue weighted by Crippen LogP contribution is -2.31. The van der Waals surface area contributed by atoms with Gasteiger partial charge in [-0.05, 0) is 54.2 Å². The molecule has 0 fully saturated rings. The third-order valence-electron chi connectivity index (χ3n) is 6.99. The highest BCUT2D eigenvalue weighted by atomic mass is 35.5. The van der Waals surface area contributed by atoms with E-state index in [2.05, 4.69) is 25.8 Å².